The summed E-state index contributed by atoms with van der Waals surface area (Å²) in [6.45, 7) is 17.0. The smallest absolute Gasteiger partial charge is 0.0454 e. The molecule has 0 spiro atoms. The molecule has 0 amide bonds. The Hall–Kier alpha value is -3.32. The molecular formula is C36H41N. The molecule has 0 heterocycles. The van der Waals surface area contributed by atoms with Gasteiger partial charge in [0.05, 0.1) is 0 Å². The van der Waals surface area contributed by atoms with Crippen LogP contribution in [0.15, 0.2) is 84.9 Å². The van der Waals surface area contributed by atoms with Crippen LogP contribution in [0.5, 0.6) is 0 Å². The highest BCUT2D eigenvalue weighted by Crippen LogP contribution is 2.52. The second-order valence-corrected chi connectivity index (χ2v) is 11.6. The van der Waals surface area contributed by atoms with Crippen molar-refractivity contribution in [2.75, 3.05) is 4.90 Å². The number of anilines is 2. The van der Waals surface area contributed by atoms with E-state index in [2.05, 4.69) is 111 Å². The number of nitrogens with zero attached hydrogens (tertiary/aromatic N) is 1. The Balaban J connectivity index is 1.83. The van der Waals surface area contributed by atoms with Crippen LogP contribution < -0.4 is 4.90 Å². The summed E-state index contributed by atoms with van der Waals surface area (Å²) in [5.41, 5.74) is 11.3. The lowest BCUT2D eigenvalue weighted by atomic mass is 9.81. The van der Waals surface area contributed by atoms with Gasteiger partial charge in [0, 0.05) is 25.6 Å². The van der Waals surface area contributed by atoms with Crippen molar-refractivity contribution in [1.82, 2.24) is 0 Å². The van der Waals surface area contributed by atoms with Crippen molar-refractivity contribution in [3.05, 3.63) is 107 Å². The molecule has 4 aromatic carbocycles. The zero-order valence-corrected chi connectivity index (χ0v) is 23.6. The van der Waals surface area contributed by atoms with E-state index in [4.69, 9.17) is 0 Å². The monoisotopic (exact) mass is 489 g/mol. The minimum atomic E-state index is -0.836. The number of hydrogen-bond donors (Lipinski definition) is 0. The lowest BCUT2D eigenvalue weighted by molar-refractivity contribution is 0.658. The summed E-state index contributed by atoms with van der Waals surface area (Å²) >= 11 is 0. The average molecular weight is 490 g/mol. The van der Waals surface area contributed by atoms with Crippen LogP contribution in [-0.4, -0.2) is 6.04 Å². The van der Waals surface area contributed by atoms with Crippen LogP contribution in [0.1, 0.15) is 92.2 Å². The first-order chi connectivity index (χ1) is 18.2. The fourth-order valence-corrected chi connectivity index (χ4v) is 6.15. The molecule has 0 aliphatic heterocycles. The quantitative estimate of drug-likeness (QED) is 0.260. The predicted octanol–water partition coefficient (Wildman–Crippen LogP) is 10.5. The zero-order chi connectivity index (χ0) is 28.3. The maximum atomic E-state index is 9.29. The van der Waals surface area contributed by atoms with Crippen LogP contribution in [0.25, 0.3) is 22.3 Å². The Bertz CT molecular complexity index is 1520. The minimum Gasteiger partial charge on any atom is -0.338 e. The van der Waals surface area contributed by atoms with E-state index >= 15 is 0 Å². The molecule has 0 unspecified atom stereocenters. The van der Waals surface area contributed by atoms with E-state index in [1.807, 2.05) is 33.8 Å². The predicted molar refractivity (Wildman–Crippen MR) is 161 cm³/mol. The molecule has 1 nitrogen and oxygen atoms in total. The van der Waals surface area contributed by atoms with Gasteiger partial charge in [0.15, 0.2) is 0 Å². The second kappa shape index (κ2) is 9.53. The molecule has 1 heteroatoms. The first-order valence-corrected chi connectivity index (χ1v) is 13.5. The van der Waals surface area contributed by atoms with Gasteiger partial charge >= 0.3 is 0 Å². The van der Waals surface area contributed by atoms with E-state index in [0.29, 0.717) is 0 Å². The molecule has 4 aromatic rings. The average Bonchev–Trinajstić information content (AvgIpc) is 3.09. The molecule has 0 bridgehead atoms. The maximum Gasteiger partial charge on any atom is 0.0454 e. The Morgan fingerprint density at radius 3 is 1.92 bits per heavy atom. The van der Waals surface area contributed by atoms with Gasteiger partial charge in [-0.05, 0) is 88.3 Å². The minimum absolute atomic E-state index is 0.114. The van der Waals surface area contributed by atoms with Crippen molar-refractivity contribution in [3.8, 4) is 22.3 Å². The van der Waals surface area contributed by atoms with Gasteiger partial charge in [0.25, 0.3) is 0 Å². The van der Waals surface area contributed by atoms with E-state index in [0.717, 1.165) is 33.6 Å². The van der Waals surface area contributed by atoms with Crippen molar-refractivity contribution >= 4 is 11.4 Å². The van der Waals surface area contributed by atoms with Crippen LogP contribution in [0.2, 0.25) is 0 Å². The van der Waals surface area contributed by atoms with Crippen molar-refractivity contribution < 1.29 is 2.74 Å². The van der Waals surface area contributed by atoms with E-state index in [-0.39, 0.29) is 11.5 Å². The molecule has 0 fully saturated rings. The van der Waals surface area contributed by atoms with Crippen molar-refractivity contribution in [2.45, 2.75) is 78.6 Å². The summed E-state index contributed by atoms with van der Waals surface area (Å²) in [7, 11) is 0. The second-order valence-electron chi connectivity index (χ2n) is 11.6. The molecule has 190 valence electrons. The van der Waals surface area contributed by atoms with Gasteiger partial charge in [-0.15, -0.1) is 0 Å². The van der Waals surface area contributed by atoms with Gasteiger partial charge in [-0.2, -0.15) is 0 Å². The van der Waals surface area contributed by atoms with Crippen molar-refractivity contribution in [1.29, 1.82) is 0 Å². The Labute approximate surface area is 227 Å². The molecule has 0 saturated carbocycles. The summed E-state index contributed by atoms with van der Waals surface area (Å²) in [5.74, 6) is -1.65. The van der Waals surface area contributed by atoms with Crippen molar-refractivity contribution in [3.63, 3.8) is 0 Å². The first-order valence-electron chi connectivity index (χ1n) is 14.5. The van der Waals surface area contributed by atoms with E-state index in [1.54, 1.807) is 0 Å². The number of benzene rings is 4. The molecule has 1 aliphatic rings. The Kier molecular flexibility index (Phi) is 5.88. The van der Waals surface area contributed by atoms with Gasteiger partial charge < -0.3 is 4.90 Å². The molecule has 0 aromatic heterocycles. The van der Waals surface area contributed by atoms with Gasteiger partial charge in [0.2, 0.25) is 0 Å². The van der Waals surface area contributed by atoms with Crippen LogP contribution in [0, 0.1) is 0 Å². The van der Waals surface area contributed by atoms with E-state index in [9.17, 15) is 2.74 Å². The highest BCUT2D eigenvalue weighted by Gasteiger charge is 2.37. The molecule has 5 rings (SSSR count). The Morgan fingerprint density at radius 2 is 1.27 bits per heavy atom. The van der Waals surface area contributed by atoms with Gasteiger partial charge in [-0.3, -0.25) is 0 Å². The third-order valence-electron chi connectivity index (χ3n) is 7.90. The summed E-state index contributed by atoms with van der Waals surface area (Å²) in [4.78, 5) is 2.38. The van der Waals surface area contributed by atoms with E-state index < -0.39 is 11.8 Å². The molecule has 0 saturated heterocycles. The number of hydrogen-bond acceptors (Lipinski definition) is 1. The maximum absolute atomic E-state index is 9.29. The molecule has 0 N–H and O–H groups in total. The van der Waals surface area contributed by atoms with Gasteiger partial charge in [0.1, 0.15) is 0 Å². The summed E-state index contributed by atoms with van der Waals surface area (Å²) in [6, 6.07) is 30.2. The van der Waals surface area contributed by atoms with Gasteiger partial charge in [-0.25, -0.2) is 0 Å². The van der Waals surface area contributed by atoms with Crippen LogP contribution in [0.4, 0.5) is 11.4 Å². The highest BCUT2D eigenvalue weighted by atomic mass is 15.2. The van der Waals surface area contributed by atoms with Crippen LogP contribution in [-0.2, 0) is 5.41 Å². The third kappa shape index (κ3) is 4.19. The molecule has 0 radical (unpaired) electrons. The van der Waals surface area contributed by atoms with Crippen LogP contribution in [0.3, 0.4) is 0 Å². The van der Waals surface area contributed by atoms with E-state index in [1.165, 1.54) is 22.3 Å². The molecule has 1 aliphatic carbocycles. The third-order valence-corrected chi connectivity index (χ3v) is 7.90. The normalized spacial score (nSPS) is 15.2. The lowest BCUT2D eigenvalue weighted by Crippen LogP contribution is -2.29. The summed E-state index contributed by atoms with van der Waals surface area (Å²) in [5, 5.41) is 0. The Morgan fingerprint density at radius 1 is 0.622 bits per heavy atom. The van der Waals surface area contributed by atoms with Crippen LogP contribution >= 0.6 is 0 Å². The fourth-order valence-electron chi connectivity index (χ4n) is 6.15. The number of fused-ring (bicyclic) bond motifs is 3. The topological polar surface area (TPSA) is 3.24 Å². The van der Waals surface area contributed by atoms with Crippen molar-refractivity contribution in [2.24, 2.45) is 0 Å². The molecule has 37 heavy (non-hydrogen) atoms. The summed E-state index contributed by atoms with van der Waals surface area (Å²) < 4.78 is 18.5. The standard InChI is InChI=1S/C36H41N/c1-23(2)29-21-30-28-17-12-13-19-31(28)36(7,8)32(30)22-34(29)37(25(5)6)33-20-14-18-27(35(33)24(3)4)26-15-10-9-11-16-26/h9-25H,1-8H3/i23D,24D. The zero-order valence-electron chi connectivity index (χ0n) is 25.6. The SMILES string of the molecule is [2H]C(C)(C)c1cc2c(cc1N(c1cccc(-c3ccccc3)c1C([2H])(C)C)C(C)C)C(C)(C)c1ccccc1-2. The largest absolute Gasteiger partial charge is 0.338 e. The number of rotatable bonds is 6. The first kappa shape index (κ1) is 22.8. The highest BCUT2D eigenvalue weighted by molar-refractivity contribution is 5.86. The summed E-state index contributed by atoms with van der Waals surface area (Å²) in [6.07, 6.45) is 0. The fraction of sp³-hybridized carbons (Fsp3) is 0.333. The molecule has 0 atom stereocenters. The lowest BCUT2D eigenvalue weighted by Gasteiger charge is -2.36. The van der Waals surface area contributed by atoms with Gasteiger partial charge in [-0.1, -0.05) is 108 Å². The molecular weight excluding hydrogens is 446 g/mol.